The summed E-state index contributed by atoms with van der Waals surface area (Å²) in [5.41, 5.74) is 0.328. The fraction of sp³-hybridized carbons (Fsp3) is 0.926. The minimum Gasteiger partial charge on any atom is -0.481 e. The van der Waals surface area contributed by atoms with Crippen LogP contribution in [0, 0.1) is 58.2 Å². The van der Waals surface area contributed by atoms with Crippen molar-refractivity contribution in [3.63, 3.8) is 0 Å². The monoisotopic (exact) mass is 432 g/mol. The molecule has 2 N–H and O–H groups in total. The number of fused-ring (bicyclic) bond motifs is 5. The molecular formula is C27H44O4. The third-order valence-corrected chi connectivity index (χ3v) is 10.9. The highest BCUT2D eigenvalue weighted by molar-refractivity contribution is 5.86. The molecule has 0 bridgehead atoms. The third-order valence-electron chi connectivity index (χ3n) is 10.9. The molecule has 31 heavy (non-hydrogen) atoms. The van der Waals surface area contributed by atoms with Gasteiger partial charge in [-0.3, -0.25) is 9.59 Å². The Labute approximate surface area is 188 Å². The zero-order chi connectivity index (χ0) is 22.7. The van der Waals surface area contributed by atoms with Gasteiger partial charge in [0.25, 0.3) is 0 Å². The Morgan fingerprint density at radius 1 is 1.00 bits per heavy atom. The largest absolute Gasteiger partial charge is 0.481 e. The number of aliphatic hydroxyl groups excluding tert-OH is 1. The SMILES string of the molecule is CC(C)C1C(=O)C2C3CCC(C(C)CCC(=O)O)C3(C)CCC2C2(C)CCC(O)CC12. The molecule has 0 aromatic heterocycles. The van der Waals surface area contributed by atoms with Crippen molar-refractivity contribution in [2.24, 2.45) is 58.2 Å². The molecule has 4 aliphatic rings. The predicted octanol–water partition coefficient (Wildman–Crippen LogP) is 5.57. The summed E-state index contributed by atoms with van der Waals surface area (Å²) >= 11 is 0. The number of carbonyl (C=O) groups is 2. The number of aliphatic carboxylic acids is 1. The summed E-state index contributed by atoms with van der Waals surface area (Å²) in [5.74, 6) is 2.52. The molecular weight excluding hydrogens is 388 g/mol. The molecule has 10 unspecified atom stereocenters. The average Bonchev–Trinajstić information content (AvgIpc) is 3.04. The van der Waals surface area contributed by atoms with E-state index >= 15 is 0 Å². The minimum atomic E-state index is -0.698. The van der Waals surface area contributed by atoms with Crippen LogP contribution in [0.15, 0.2) is 0 Å². The number of carbonyl (C=O) groups excluding carboxylic acids is 1. The van der Waals surface area contributed by atoms with Crippen molar-refractivity contribution >= 4 is 11.8 Å². The van der Waals surface area contributed by atoms with Gasteiger partial charge >= 0.3 is 5.97 Å². The fourth-order valence-electron chi connectivity index (χ4n) is 9.38. The molecule has 0 heterocycles. The second-order valence-electron chi connectivity index (χ2n) is 12.6. The number of aliphatic hydroxyl groups is 1. The van der Waals surface area contributed by atoms with Crippen LogP contribution in [0.4, 0.5) is 0 Å². The summed E-state index contributed by atoms with van der Waals surface area (Å²) in [4.78, 5) is 25.3. The summed E-state index contributed by atoms with van der Waals surface area (Å²) in [6.07, 6.45) is 8.05. The Balaban J connectivity index is 1.65. The van der Waals surface area contributed by atoms with Gasteiger partial charge in [-0.05, 0) is 97.7 Å². The van der Waals surface area contributed by atoms with E-state index in [4.69, 9.17) is 5.11 Å². The van der Waals surface area contributed by atoms with Crippen molar-refractivity contribution in [2.75, 3.05) is 0 Å². The van der Waals surface area contributed by atoms with Crippen LogP contribution in [-0.4, -0.2) is 28.1 Å². The van der Waals surface area contributed by atoms with E-state index in [1.807, 2.05) is 0 Å². The Hall–Kier alpha value is -0.900. The number of hydrogen-bond acceptors (Lipinski definition) is 3. The molecule has 4 fully saturated rings. The van der Waals surface area contributed by atoms with E-state index in [-0.39, 0.29) is 35.2 Å². The number of hydrogen-bond donors (Lipinski definition) is 2. The van der Waals surface area contributed by atoms with Gasteiger partial charge in [0.05, 0.1) is 6.10 Å². The lowest BCUT2D eigenvalue weighted by molar-refractivity contribution is -0.177. The van der Waals surface area contributed by atoms with Crippen molar-refractivity contribution in [1.82, 2.24) is 0 Å². The second kappa shape index (κ2) is 8.15. The van der Waals surface area contributed by atoms with Crippen molar-refractivity contribution in [2.45, 2.75) is 98.5 Å². The first-order valence-electron chi connectivity index (χ1n) is 12.9. The molecule has 0 radical (unpaired) electrons. The lowest BCUT2D eigenvalue weighted by Crippen LogP contribution is -2.61. The van der Waals surface area contributed by atoms with Gasteiger partial charge in [0.1, 0.15) is 5.78 Å². The smallest absolute Gasteiger partial charge is 0.303 e. The van der Waals surface area contributed by atoms with Crippen LogP contribution in [-0.2, 0) is 9.59 Å². The van der Waals surface area contributed by atoms with E-state index in [0.717, 1.165) is 44.9 Å². The molecule has 0 aromatic rings. The zero-order valence-electron chi connectivity index (χ0n) is 20.3. The second-order valence-corrected chi connectivity index (χ2v) is 12.6. The van der Waals surface area contributed by atoms with Crippen molar-refractivity contribution in [1.29, 1.82) is 0 Å². The first-order valence-corrected chi connectivity index (χ1v) is 12.9. The van der Waals surface area contributed by atoms with Gasteiger partial charge in [0.15, 0.2) is 0 Å². The quantitative estimate of drug-likeness (QED) is 0.596. The maximum atomic E-state index is 14.1. The van der Waals surface area contributed by atoms with Gasteiger partial charge in [0.2, 0.25) is 0 Å². The van der Waals surface area contributed by atoms with Gasteiger partial charge in [-0.25, -0.2) is 0 Å². The highest BCUT2D eigenvalue weighted by atomic mass is 16.4. The molecule has 10 atom stereocenters. The van der Waals surface area contributed by atoms with Crippen molar-refractivity contribution in [3.05, 3.63) is 0 Å². The van der Waals surface area contributed by atoms with Gasteiger partial charge in [-0.2, -0.15) is 0 Å². The van der Waals surface area contributed by atoms with Crippen LogP contribution in [0.1, 0.15) is 92.4 Å². The Bertz CT molecular complexity index is 716. The summed E-state index contributed by atoms with van der Waals surface area (Å²) in [6, 6.07) is 0. The fourth-order valence-corrected chi connectivity index (χ4v) is 9.38. The van der Waals surface area contributed by atoms with E-state index in [1.54, 1.807) is 0 Å². The van der Waals surface area contributed by atoms with Gasteiger partial charge in [0, 0.05) is 18.3 Å². The average molecular weight is 433 g/mol. The molecule has 4 aliphatic carbocycles. The number of ketones is 1. The van der Waals surface area contributed by atoms with Crippen LogP contribution in [0.5, 0.6) is 0 Å². The van der Waals surface area contributed by atoms with Crippen LogP contribution >= 0.6 is 0 Å². The Morgan fingerprint density at radius 2 is 1.65 bits per heavy atom. The van der Waals surface area contributed by atoms with Crippen LogP contribution in [0.25, 0.3) is 0 Å². The van der Waals surface area contributed by atoms with E-state index in [1.165, 1.54) is 6.42 Å². The molecule has 0 saturated heterocycles. The summed E-state index contributed by atoms with van der Waals surface area (Å²) < 4.78 is 0. The van der Waals surface area contributed by atoms with Gasteiger partial charge in [-0.15, -0.1) is 0 Å². The molecule has 0 spiro atoms. The van der Waals surface area contributed by atoms with E-state index in [0.29, 0.717) is 41.3 Å². The van der Waals surface area contributed by atoms with Crippen LogP contribution in [0.3, 0.4) is 0 Å². The summed E-state index contributed by atoms with van der Waals surface area (Å²) in [6.45, 7) is 11.5. The Morgan fingerprint density at radius 3 is 2.29 bits per heavy atom. The predicted molar refractivity (Wildman–Crippen MR) is 121 cm³/mol. The molecule has 0 amide bonds. The lowest BCUT2D eigenvalue weighted by Gasteiger charge is -2.63. The normalized spacial score (nSPS) is 48.1. The number of rotatable bonds is 5. The molecule has 4 heteroatoms. The van der Waals surface area contributed by atoms with Gasteiger partial charge < -0.3 is 10.2 Å². The van der Waals surface area contributed by atoms with Crippen molar-refractivity contribution in [3.8, 4) is 0 Å². The number of carboxylic acid groups (broad SMARTS) is 1. The highest BCUT2D eigenvalue weighted by Crippen LogP contribution is 2.69. The standard InChI is InChI=1S/C27H44O4/c1-15(2)23-21-14-17(28)10-12-27(21,5)20-11-13-26(4)18(16(3)6-9-22(29)30)7-8-19(26)24(20)25(23)31/h15-21,23-24,28H,6-14H2,1-5H3,(H,29,30). The minimum absolute atomic E-state index is 0.0760. The molecule has 4 saturated carbocycles. The van der Waals surface area contributed by atoms with Crippen molar-refractivity contribution < 1.29 is 19.8 Å². The highest BCUT2D eigenvalue weighted by Gasteiger charge is 2.65. The number of carboxylic acids is 1. The zero-order valence-corrected chi connectivity index (χ0v) is 20.3. The summed E-state index contributed by atoms with van der Waals surface area (Å²) in [7, 11) is 0. The van der Waals surface area contributed by atoms with Crippen LogP contribution < -0.4 is 0 Å². The van der Waals surface area contributed by atoms with E-state index in [9.17, 15) is 14.7 Å². The molecule has 4 rings (SSSR count). The first-order chi connectivity index (χ1) is 14.5. The summed E-state index contributed by atoms with van der Waals surface area (Å²) in [5, 5.41) is 19.6. The maximum Gasteiger partial charge on any atom is 0.303 e. The lowest BCUT2D eigenvalue weighted by atomic mass is 9.41. The molecule has 0 aromatic carbocycles. The topological polar surface area (TPSA) is 74.6 Å². The molecule has 176 valence electrons. The number of Topliss-reactive ketones (excluding diaryl/α,β-unsaturated/α-hetero) is 1. The Kier molecular flexibility index (Phi) is 6.12. The van der Waals surface area contributed by atoms with Gasteiger partial charge in [-0.1, -0.05) is 34.6 Å². The van der Waals surface area contributed by atoms with E-state index in [2.05, 4.69) is 34.6 Å². The maximum absolute atomic E-state index is 14.1. The third kappa shape index (κ3) is 3.60. The van der Waals surface area contributed by atoms with E-state index < -0.39 is 5.97 Å². The van der Waals surface area contributed by atoms with Crippen LogP contribution in [0.2, 0.25) is 0 Å². The molecule has 0 aliphatic heterocycles. The molecule has 4 nitrogen and oxygen atoms in total. The first kappa shape index (κ1) is 23.3.